The summed E-state index contributed by atoms with van der Waals surface area (Å²) < 4.78 is 0. The Morgan fingerprint density at radius 2 is 1.73 bits per heavy atom. The zero-order valence-electron chi connectivity index (χ0n) is 8.59. The van der Waals surface area contributed by atoms with Gasteiger partial charge < -0.3 is 0 Å². The van der Waals surface area contributed by atoms with Gasteiger partial charge in [-0.15, -0.1) is 0 Å². The van der Waals surface area contributed by atoms with Gasteiger partial charge in [0.15, 0.2) is 0 Å². The number of hydrogen-bond acceptors (Lipinski definition) is 2. The molecule has 0 spiro atoms. The maximum absolute atomic E-state index is 4.28. The molecule has 0 aliphatic carbocycles. The Labute approximate surface area is 89.3 Å². The summed E-state index contributed by atoms with van der Waals surface area (Å²) in [6.45, 7) is 2.04. The van der Waals surface area contributed by atoms with Gasteiger partial charge in [0.2, 0.25) is 0 Å². The minimum atomic E-state index is 0.959. The molecule has 74 valence electrons. The molecule has 2 aromatic rings. The van der Waals surface area contributed by atoms with E-state index in [9.17, 15) is 0 Å². The Morgan fingerprint density at radius 1 is 1.00 bits per heavy atom. The molecule has 0 N–H and O–H groups in total. The van der Waals surface area contributed by atoms with Crippen molar-refractivity contribution >= 4 is 11.6 Å². The minimum Gasteiger partial charge on any atom is -0.257 e. The van der Waals surface area contributed by atoms with Gasteiger partial charge in [0.05, 0.1) is 11.4 Å². The van der Waals surface area contributed by atoms with E-state index in [1.807, 2.05) is 49.4 Å². The van der Waals surface area contributed by atoms with E-state index in [0.29, 0.717) is 0 Å². The fourth-order valence-corrected chi connectivity index (χ4v) is 1.35. The molecule has 0 radical (unpaired) electrons. The van der Waals surface area contributed by atoms with Crippen LogP contribution in [0.4, 0.5) is 0 Å². The van der Waals surface area contributed by atoms with E-state index in [2.05, 4.69) is 9.97 Å². The van der Waals surface area contributed by atoms with Crippen molar-refractivity contribution in [1.29, 1.82) is 0 Å². The summed E-state index contributed by atoms with van der Waals surface area (Å²) in [7, 11) is 0. The van der Waals surface area contributed by atoms with Crippen LogP contribution in [-0.2, 0) is 0 Å². The molecule has 0 saturated carbocycles. The van der Waals surface area contributed by atoms with Gasteiger partial charge in [-0.1, -0.05) is 12.1 Å². The minimum absolute atomic E-state index is 0.959. The highest BCUT2D eigenvalue weighted by molar-refractivity contribution is 5.77. The van der Waals surface area contributed by atoms with Gasteiger partial charge in [-0.25, -0.2) is 0 Å². The molecule has 0 aliphatic rings. The zero-order chi connectivity index (χ0) is 10.5. The summed E-state index contributed by atoms with van der Waals surface area (Å²) >= 11 is 0. The quantitative estimate of drug-likeness (QED) is 0.737. The SMILES string of the molecule is C/C(=C\c1ccccn1)c1ccccn1. The predicted octanol–water partition coefficient (Wildman–Crippen LogP) is 3.04. The molecule has 0 unspecified atom stereocenters. The molecule has 0 amide bonds. The van der Waals surface area contributed by atoms with Crippen LogP contribution in [0.1, 0.15) is 18.3 Å². The Kier molecular flexibility index (Phi) is 2.88. The number of pyridine rings is 2. The first-order chi connectivity index (χ1) is 7.36. The van der Waals surface area contributed by atoms with E-state index in [-0.39, 0.29) is 0 Å². The normalized spacial score (nSPS) is 11.4. The number of aromatic nitrogens is 2. The van der Waals surface area contributed by atoms with Crippen LogP contribution in [0, 0.1) is 0 Å². The lowest BCUT2D eigenvalue weighted by atomic mass is 10.1. The Morgan fingerprint density at radius 3 is 2.33 bits per heavy atom. The summed E-state index contributed by atoms with van der Waals surface area (Å²) in [5.41, 5.74) is 3.07. The van der Waals surface area contributed by atoms with E-state index in [1.54, 1.807) is 12.4 Å². The van der Waals surface area contributed by atoms with Gasteiger partial charge in [0.1, 0.15) is 0 Å². The molecule has 2 nitrogen and oxygen atoms in total. The number of allylic oxidation sites excluding steroid dienone is 1. The van der Waals surface area contributed by atoms with Crippen LogP contribution >= 0.6 is 0 Å². The highest BCUT2D eigenvalue weighted by atomic mass is 14.7. The molecule has 0 aromatic carbocycles. The van der Waals surface area contributed by atoms with Crippen LogP contribution in [-0.4, -0.2) is 9.97 Å². The van der Waals surface area contributed by atoms with Crippen LogP contribution in [0.3, 0.4) is 0 Å². The molecular formula is C13H12N2. The van der Waals surface area contributed by atoms with Gasteiger partial charge in [-0.05, 0) is 42.8 Å². The molecule has 2 heteroatoms. The second-order valence-corrected chi connectivity index (χ2v) is 3.30. The lowest BCUT2D eigenvalue weighted by Crippen LogP contribution is -1.85. The first-order valence-electron chi connectivity index (χ1n) is 4.87. The third-order valence-electron chi connectivity index (χ3n) is 2.12. The summed E-state index contributed by atoms with van der Waals surface area (Å²) in [6, 6.07) is 11.8. The van der Waals surface area contributed by atoms with E-state index in [1.165, 1.54) is 0 Å². The van der Waals surface area contributed by atoms with Crippen LogP contribution in [0.15, 0.2) is 48.8 Å². The van der Waals surface area contributed by atoms with Gasteiger partial charge in [-0.3, -0.25) is 9.97 Å². The highest BCUT2D eigenvalue weighted by Gasteiger charge is 1.95. The largest absolute Gasteiger partial charge is 0.257 e. The molecule has 0 fully saturated rings. The summed E-state index contributed by atoms with van der Waals surface area (Å²) in [6.07, 6.45) is 5.62. The topological polar surface area (TPSA) is 25.8 Å². The van der Waals surface area contributed by atoms with Gasteiger partial charge in [0, 0.05) is 12.4 Å². The van der Waals surface area contributed by atoms with Crippen molar-refractivity contribution in [2.45, 2.75) is 6.92 Å². The molecule has 0 saturated heterocycles. The lowest BCUT2D eigenvalue weighted by molar-refractivity contribution is 1.26. The van der Waals surface area contributed by atoms with Crippen molar-refractivity contribution in [3.8, 4) is 0 Å². The Balaban J connectivity index is 2.29. The zero-order valence-corrected chi connectivity index (χ0v) is 8.59. The van der Waals surface area contributed by atoms with Crippen LogP contribution in [0.5, 0.6) is 0 Å². The number of hydrogen-bond donors (Lipinski definition) is 0. The third-order valence-corrected chi connectivity index (χ3v) is 2.12. The molecule has 2 heterocycles. The van der Waals surface area contributed by atoms with Crippen LogP contribution < -0.4 is 0 Å². The molecule has 15 heavy (non-hydrogen) atoms. The molecular weight excluding hydrogens is 184 g/mol. The molecule has 0 bridgehead atoms. The van der Waals surface area contributed by atoms with E-state index >= 15 is 0 Å². The summed E-state index contributed by atoms with van der Waals surface area (Å²) in [5, 5.41) is 0. The van der Waals surface area contributed by atoms with Crippen molar-refractivity contribution in [2.75, 3.05) is 0 Å². The van der Waals surface area contributed by atoms with E-state index in [0.717, 1.165) is 17.0 Å². The average molecular weight is 196 g/mol. The van der Waals surface area contributed by atoms with Crippen molar-refractivity contribution in [3.63, 3.8) is 0 Å². The smallest absolute Gasteiger partial charge is 0.0659 e. The maximum atomic E-state index is 4.28. The van der Waals surface area contributed by atoms with Crippen LogP contribution in [0.2, 0.25) is 0 Å². The van der Waals surface area contributed by atoms with Crippen molar-refractivity contribution in [3.05, 3.63) is 60.2 Å². The van der Waals surface area contributed by atoms with E-state index < -0.39 is 0 Å². The molecule has 2 aromatic heterocycles. The van der Waals surface area contributed by atoms with Crippen molar-refractivity contribution in [1.82, 2.24) is 9.97 Å². The summed E-state index contributed by atoms with van der Waals surface area (Å²) in [5.74, 6) is 0. The predicted molar refractivity (Wildman–Crippen MR) is 62.0 cm³/mol. The monoisotopic (exact) mass is 196 g/mol. The second-order valence-electron chi connectivity index (χ2n) is 3.30. The maximum Gasteiger partial charge on any atom is 0.0659 e. The first-order valence-corrected chi connectivity index (χ1v) is 4.87. The Bertz CT molecular complexity index is 446. The molecule has 2 rings (SSSR count). The molecule has 0 aliphatic heterocycles. The molecule has 0 atom stereocenters. The lowest BCUT2D eigenvalue weighted by Gasteiger charge is -1.99. The second kappa shape index (κ2) is 4.51. The van der Waals surface area contributed by atoms with Crippen molar-refractivity contribution in [2.24, 2.45) is 0 Å². The fourth-order valence-electron chi connectivity index (χ4n) is 1.35. The Hall–Kier alpha value is -1.96. The summed E-state index contributed by atoms with van der Waals surface area (Å²) in [4.78, 5) is 8.52. The van der Waals surface area contributed by atoms with Gasteiger partial charge in [-0.2, -0.15) is 0 Å². The number of nitrogens with zero attached hydrogens (tertiary/aromatic N) is 2. The first kappa shape index (κ1) is 9.59. The van der Waals surface area contributed by atoms with Gasteiger partial charge in [0.25, 0.3) is 0 Å². The number of rotatable bonds is 2. The van der Waals surface area contributed by atoms with Crippen LogP contribution in [0.25, 0.3) is 11.6 Å². The highest BCUT2D eigenvalue weighted by Crippen LogP contribution is 2.13. The van der Waals surface area contributed by atoms with Crippen molar-refractivity contribution < 1.29 is 0 Å². The third kappa shape index (κ3) is 2.50. The standard InChI is InChI=1S/C13H12N2/c1-11(13-7-3-5-9-15-13)10-12-6-2-4-8-14-12/h2-10H,1H3/b11-10+. The van der Waals surface area contributed by atoms with Gasteiger partial charge >= 0.3 is 0 Å². The van der Waals surface area contributed by atoms with E-state index in [4.69, 9.17) is 0 Å². The average Bonchev–Trinajstić information content (AvgIpc) is 2.31. The fraction of sp³-hybridized carbons (Fsp3) is 0.0769.